The minimum atomic E-state index is -0.176. The van der Waals surface area contributed by atoms with E-state index >= 15 is 0 Å². The molecule has 2 N–H and O–H groups in total. The number of nitrogens with two attached hydrogens (primary N) is 1. The first-order valence-electron chi connectivity index (χ1n) is 6.16. The number of benzene rings is 1. The molecule has 2 aromatic rings. The largest absolute Gasteiger partial charge is 0.455 e. The van der Waals surface area contributed by atoms with Crippen LogP contribution in [0.3, 0.4) is 0 Å². The standard InChI is InChI=1S/C15H18N2O2/c1-10-6-11(2)8-12(7-10)17(3)15(18)14-5-4-13(9-16)19-14/h4-8H,9,16H2,1-3H3. The van der Waals surface area contributed by atoms with Gasteiger partial charge in [-0.1, -0.05) is 6.07 Å². The Hall–Kier alpha value is -2.07. The number of hydrogen-bond acceptors (Lipinski definition) is 3. The maximum Gasteiger partial charge on any atom is 0.293 e. The van der Waals surface area contributed by atoms with Crippen LogP contribution in [0.15, 0.2) is 34.7 Å². The molecule has 0 atom stereocenters. The van der Waals surface area contributed by atoms with E-state index in [1.165, 1.54) is 0 Å². The van der Waals surface area contributed by atoms with E-state index in [2.05, 4.69) is 6.07 Å². The Morgan fingerprint density at radius 1 is 1.21 bits per heavy atom. The summed E-state index contributed by atoms with van der Waals surface area (Å²) in [5.41, 5.74) is 8.57. The molecule has 0 radical (unpaired) electrons. The van der Waals surface area contributed by atoms with Gasteiger partial charge in [0, 0.05) is 12.7 Å². The van der Waals surface area contributed by atoms with E-state index in [0.717, 1.165) is 16.8 Å². The Balaban J connectivity index is 2.27. The van der Waals surface area contributed by atoms with E-state index in [1.54, 1.807) is 24.1 Å². The van der Waals surface area contributed by atoms with Gasteiger partial charge in [-0.3, -0.25) is 4.79 Å². The Labute approximate surface area is 112 Å². The number of rotatable bonds is 3. The second-order valence-corrected chi connectivity index (χ2v) is 4.68. The van der Waals surface area contributed by atoms with Crippen molar-refractivity contribution in [2.24, 2.45) is 5.73 Å². The fourth-order valence-corrected chi connectivity index (χ4v) is 2.03. The average Bonchev–Trinajstić information content (AvgIpc) is 2.84. The van der Waals surface area contributed by atoms with Crippen molar-refractivity contribution in [1.29, 1.82) is 0 Å². The molecule has 0 spiro atoms. The topological polar surface area (TPSA) is 59.5 Å². The fourth-order valence-electron chi connectivity index (χ4n) is 2.03. The summed E-state index contributed by atoms with van der Waals surface area (Å²) in [6, 6.07) is 9.39. The highest BCUT2D eigenvalue weighted by Gasteiger charge is 2.17. The van der Waals surface area contributed by atoms with E-state index < -0.39 is 0 Å². The first-order chi connectivity index (χ1) is 9.01. The summed E-state index contributed by atoms with van der Waals surface area (Å²) in [5, 5.41) is 0. The number of anilines is 1. The molecule has 1 heterocycles. The first kappa shape index (κ1) is 13.4. The van der Waals surface area contributed by atoms with Gasteiger partial charge in [0.1, 0.15) is 5.76 Å². The van der Waals surface area contributed by atoms with Crippen molar-refractivity contribution in [2.75, 3.05) is 11.9 Å². The molecule has 0 unspecified atom stereocenters. The third-order valence-corrected chi connectivity index (χ3v) is 2.97. The van der Waals surface area contributed by atoms with Crippen molar-refractivity contribution in [3.05, 3.63) is 53.0 Å². The molecule has 0 saturated carbocycles. The first-order valence-corrected chi connectivity index (χ1v) is 6.16. The number of amides is 1. The fraction of sp³-hybridized carbons (Fsp3) is 0.267. The van der Waals surface area contributed by atoms with Gasteiger partial charge in [0.15, 0.2) is 5.76 Å². The van der Waals surface area contributed by atoms with Gasteiger partial charge in [0.25, 0.3) is 5.91 Å². The molecule has 0 aliphatic heterocycles. The van der Waals surface area contributed by atoms with Crippen LogP contribution >= 0.6 is 0 Å². The second-order valence-electron chi connectivity index (χ2n) is 4.68. The van der Waals surface area contributed by atoms with E-state index in [4.69, 9.17) is 10.2 Å². The zero-order valence-corrected chi connectivity index (χ0v) is 11.4. The molecule has 0 bridgehead atoms. The van der Waals surface area contributed by atoms with Crippen LogP contribution in [0.5, 0.6) is 0 Å². The zero-order valence-electron chi connectivity index (χ0n) is 11.4. The summed E-state index contributed by atoms with van der Waals surface area (Å²) in [5.74, 6) is 0.740. The summed E-state index contributed by atoms with van der Waals surface area (Å²) in [4.78, 5) is 13.9. The Morgan fingerprint density at radius 3 is 2.37 bits per heavy atom. The number of carbonyl (C=O) groups is 1. The van der Waals surface area contributed by atoms with Gasteiger partial charge < -0.3 is 15.1 Å². The summed E-state index contributed by atoms with van der Waals surface area (Å²) >= 11 is 0. The molecule has 0 saturated heterocycles. The highest BCUT2D eigenvalue weighted by molar-refractivity contribution is 6.03. The number of nitrogens with zero attached hydrogens (tertiary/aromatic N) is 1. The Bertz CT molecular complexity index is 582. The quantitative estimate of drug-likeness (QED) is 0.920. The molecule has 0 aliphatic rings. The lowest BCUT2D eigenvalue weighted by molar-refractivity contribution is 0.0965. The van der Waals surface area contributed by atoms with Crippen molar-refractivity contribution < 1.29 is 9.21 Å². The van der Waals surface area contributed by atoms with Crippen LogP contribution in [0, 0.1) is 13.8 Å². The molecule has 2 rings (SSSR count). The summed E-state index contributed by atoms with van der Waals surface area (Å²) < 4.78 is 5.38. The highest BCUT2D eigenvalue weighted by Crippen LogP contribution is 2.20. The number of furan rings is 1. The number of carbonyl (C=O) groups excluding carboxylic acids is 1. The third-order valence-electron chi connectivity index (χ3n) is 2.97. The van der Waals surface area contributed by atoms with Crippen molar-refractivity contribution in [3.8, 4) is 0 Å². The molecule has 100 valence electrons. The molecule has 19 heavy (non-hydrogen) atoms. The maximum atomic E-state index is 12.3. The van der Waals surface area contributed by atoms with Crippen LogP contribution in [0.25, 0.3) is 0 Å². The second kappa shape index (κ2) is 5.28. The van der Waals surface area contributed by atoms with Gasteiger partial charge in [-0.15, -0.1) is 0 Å². The van der Waals surface area contributed by atoms with Gasteiger partial charge in [0.05, 0.1) is 6.54 Å². The molecule has 4 heteroatoms. The van der Waals surface area contributed by atoms with E-state index in [-0.39, 0.29) is 5.91 Å². The van der Waals surface area contributed by atoms with Crippen LogP contribution in [-0.4, -0.2) is 13.0 Å². The van der Waals surface area contributed by atoms with E-state index in [9.17, 15) is 4.79 Å². The molecular weight excluding hydrogens is 240 g/mol. The number of hydrogen-bond donors (Lipinski definition) is 1. The predicted molar refractivity (Wildman–Crippen MR) is 75.2 cm³/mol. The van der Waals surface area contributed by atoms with Crippen LogP contribution in [0.4, 0.5) is 5.69 Å². The zero-order chi connectivity index (χ0) is 14.0. The third kappa shape index (κ3) is 2.85. The normalized spacial score (nSPS) is 10.5. The minimum absolute atomic E-state index is 0.176. The van der Waals surface area contributed by atoms with Gasteiger partial charge in [-0.05, 0) is 49.2 Å². The molecule has 0 aliphatic carbocycles. The van der Waals surface area contributed by atoms with Crippen LogP contribution < -0.4 is 10.6 Å². The van der Waals surface area contributed by atoms with Gasteiger partial charge >= 0.3 is 0 Å². The van der Waals surface area contributed by atoms with Gasteiger partial charge in [-0.25, -0.2) is 0 Å². The minimum Gasteiger partial charge on any atom is -0.455 e. The predicted octanol–water partition coefficient (Wildman–Crippen LogP) is 2.63. The summed E-state index contributed by atoms with van der Waals surface area (Å²) in [6.07, 6.45) is 0. The van der Waals surface area contributed by atoms with E-state index in [0.29, 0.717) is 18.1 Å². The highest BCUT2D eigenvalue weighted by atomic mass is 16.4. The van der Waals surface area contributed by atoms with Crippen molar-refractivity contribution in [3.63, 3.8) is 0 Å². The summed E-state index contributed by atoms with van der Waals surface area (Å²) in [6.45, 7) is 4.31. The lowest BCUT2D eigenvalue weighted by atomic mass is 10.1. The molecular formula is C15H18N2O2. The lowest BCUT2D eigenvalue weighted by Gasteiger charge is -2.17. The van der Waals surface area contributed by atoms with Gasteiger partial charge in [-0.2, -0.15) is 0 Å². The maximum absolute atomic E-state index is 12.3. The van der Waals surface area contributed by atoms with Crippen molar-refractivity contribution >= 4 is 11.6 Å². The smallest absolute Gasteiger partial charge is 0.293 e. The number of aryl methyl sites for hydroxylation is 2. The SMILES string of the molecule is Cc1cc(C)cc(N(C)C(=O)c2ccc(CN)o2)c1. The molecule has 0 fully saturated rings. The van der Waals surface area contributed by atoms with E-state index in [1.807, 2.05) is 26.0 Å². The van der Waals surface area contributed by atoms with Crippen LogP contribution in [0.1, 0.15) is 27.4 Å². The monoisotopic (exact) mass is 258 g/mol. The average molecular weight is 258 g/mol. The Kier molecular flexibility index (Phi) is 3.71. The summed E-state index contributed by atoms with van der Waals surface area (Å²) in [7, 11) is 1.74. The molecule has 1 aromatic carbocycles. The van der Waals surface area contributed by atoms with Crippen LogP contribution in [-0.2, 0) is 6.54 Å². The molecule has 1 amide bonds. The molecule has 4 nitrogen and oxygen atoms in total. The van der Waals surface area contributed by atoms with Crippen LogP contribution in [0.2, 0.25) is 0 Å². The van der Waals surface area contributed by atoms with Gasteiger partial charge in [0.2, 0.25) is 0 Å². The van der Waals surface area contributed by atoms with Crippen molar-refractivity contribution in [1.82, 2.24) is 0 Å². The molecule has 1 aromatic heterocycles. The Morgan fingerprint density at radius 2 is 1.84 bits per heavy atom. The lowest BCUT2D eigenvalue weighted by Crippen LogP contribution is -2.25. The van der Waals surface area contributed by atoms with Crippen molar-refractivity contribution in [2.45, 2.75) is 20.4 Å².